The number of hydrogen-bond acceptors (Lipinski definition) is 7. The quantitative estimate of drug-likeness (QED) is 0.443. The number of nitrogens with one attached hydrogen (secondary N) is 1. The van der Waals surface area contributed by atoms with Gasteiger partial charge in [0.25, 0.3) is 0 Å². The van der Waals surface area contributed by atoms with Gasteiger partial charge in [0, 0.05) is 0 Å². The summed E-state index contributed by atoms with van der Waals surface area (Å²) in [5.41, 5.74) is 1.57. The molecule has 0 radical (unpaired) electrons. The van der Waals surface area contributed by atoms with Crippen LogP contribution < -0.4 is 9.50 Å². The van der Waals surface area contributed by atoms with Gasteiger partial charge in [-0.3, -0.25) is 4.79 Å². The zero-order valence-corrected chi connectivity index (χ0v) is 17.0. The van der Waals surface area contributed by atoms with E-state index in [0.717, 1.165) is 5.56 Å². The minimum absolute atomic E-state index is 0.0711. The minimum atomic E-state index is -3.92. The Morgan fingerprint density at radius 3 is 2.64 bits per heavy atom. The molecule has 9 heteroatoms. The van der Waals surface area contributed by atoms with Crippen LogP contribution in [0, 0.1) is 6.92 Å². The predicted molar refractivity (Wildman–Crippen MR) is 110 cm³/mol. The van der Waals surface area contributed by atoms with E-state index in [0.29, 0.717) is 17.2 Å². The van der Waals surface area contributed by atoms with Gasteiger partial charge in [-0.15, -0.1) is 5.10 Å². The Labute approximate surface area is 168 Å². The lowest BCUT2D eigenvalue weighted by Gasteiger charge is -2.07. The standard InChI is InChI=1S/C19H19N3O4S2/c1-3-17-18(23)21-19(27-17)22-20-12-14-5-4-6-15(11-14)26-28(24,25)16-9-7-13(2)8-10-16/h4-12,17H,3H2,1-2H3,(H,21,22,23)/b20-12-/t17-/m1/s1. The summed E-state index contributed by atoms with van der Waals surface area (Å²) in [6, 6.07) is 12.9. The Balaban J connectivity index is 1.70. The molecule has 1 aliphatic rings. The molecule has 2 aromatic carbocycles. The minimum Gasteiger partial charge on any atom is -0.379 e. The van der Waals surface area contributed by atoms with Crippen molar-refractivity contribution >= 4 is 39.2 Å². The fourth-order valence-electron chi connectivity index (χ4n) is 2.40. The molecule has 1 amide bonds. The van der Waals surface area contributed by atoms with Gasteiger partial charge in [-0.25, -0.2) is 0 Å². The van der Waals surface area contributed by atoms with E-state index in [-0.39, 0.29) is 21.8 Å². The van der Waals surface area contributed by atoms with Crippen molar-refractivity contribution in [2.45, 2.75) is 30.4 Å². The molecule has 0 aromatic heterocycles. The molecule has 28 heavy (non-hydrogen) atoms. The largest absolute Gasteiger partial charge is 0.379 e. The molecule has 1 aliphatic heterocycles. The van der Waals surface area contributed by atoms with Gasteiger partial charge in [-0.05, 0) is 43.2 Å². The molecule has 0 unspecified atom stereocenters. The van der Waals surface area contributed by atoms with E-state index in [1.165, 1.54) is 30.1 Å². The van der Waals surface area contributed by atoms with Gasteiger partial charge < -0.3 is 9.50 Å². The monoisotopic (exact) mass is 417 g/mol. The fourth-order valence-corrected chi connectivity index (χ4v) is 4.17. The van der Waals surface area contributed by atoms with Crippen LogP contribution in [0.15, 0.2) is 63.6 Å². The molecule has 0 saturated carbocycles. The smallest absolute Gasteiger partial charge is 0.339 e. The number of hydrogen-bond donors (Lipinski definition) is 1. The molecule has 3 rings (SSSR count). The SMILES string of the molecule is CC[C@H]1S/C(=N/N=C\c2cccc(OS(=O)(=O)c3ccc(C)cc3)c2)NC1=O. The zero-order chi connectivity index (χ0) is 20.1. The van der Waals surface area contributed by atoms with Gasteiger partial charge in [-0.2, -0.15) is 13.5 Å². The zero-order valence-electron chi connectivity index (χ0n) is 15.3. The maximum atomic E-state index is 12.4. The molecule has 2 aromatic rings. The van der Waals surface area contributed by atoms with E-state index < -0.39 is 10.1 Å². The molecule has 0 bridgehead atoms. The topological polar surface area (TPSA) is 97.2 Å². The normalized spacial score (nSPS) is 18.6. The molecule has 0 aliphatic carbocycles. The summed E-state index contributed by atoms with van der Waals surface area (Å²) in [5.74, 6) is 0.102. The summed E-state index contributed by atoms with van der Waals surface area (Å²) < 4.78 is 30.0. The number of carbonyl (C=O) groups excluding carboxylic acids is 1. The Morgan fingerprint density at radius 1 is 1.21 bits per heavy atom. The van der Waals surface area contributed by atoms with E-state index >= 15 is 0 Å². The molecule has 1 saturated heterocycles. The number of benzene rings is 2. The second-order valence-electron chi connectivity index (χ2n) is 6.08. The average Bonchev–Trinajstić information content (AvgIpc) is 3.02. The second-order valence-corrected chi connectivity index (χ2v) is 8.81. The third-order valence-corrected chi connectivity index (χ3v) is 6.38. The molecular weight excluding hydrogens is 398 g/mol. The number of amides is 1. The van der Waals surface area contributed by atoms with Crippen molar-refractivity contribution in [3.63, 3.8) is 0 Å². The third-order valence-electron chi connectivity index (χ3n) is 3.88. The summed E-state index contributed by atoms with van der Waals surface area (Å²) in [7, 11) is -3.92. The van der Waals surface area contributed by atoms with Crippen LogP contribution in [-0.4, -0.2) is 31.0 Å². The van der Waals surface area contributed by atoms with E-state index in [4.69, 9.17) is 4.18 Å². The Hall–Kier alpha value is -2.65. The van der Waals surface area contributed by atoms with E-state index in [1.807, 2.05) is 13.8 Å². The third kappa shape index (κ3) is 4.99. The Kier molecular flexibility index (Phi) is 6.15. The van der Waals surface area contributed by atoms with Gasteiger partial charge in [-0.1, -0.05) is 48.5 Å². The second kappa shape index (κ2) is 8.57. The number of nitrogens with zero attached hydrogens (tertiary/aromatic N) is 2. The summed E-state index contributed by atoms with van der Waals surface area (Å²) in [5, 5.41) is 10.9. The first-order valence-electron chi connectivity index (χ1n) is 8.57. The molecule has 1 N–H and O–H groups in total. The Bertz CT molecular complexity index is 1030. The van der Waals surface area contributed by atoms with Crippen LogP contribution in [-0.2, 0) is 14.9 Å². The molecule has 1 heterocycles. The van der Waals surface area contributed by atoms with Crippen molar-refractivity contribution in [1.82, 2.24) is 5.32 Å². The highest BCUT2D eigenvalue weighted by molar-refractivity contribution is 8.15. The van der Waals surface area contributed by atoms with Crippen molar-refractivity contribution in [3.8, 4) is 5.75 Å². The van der Waals surface area contributed by atoms with E-state index in [9.17, 15) is 13.2 Å². The van der Waals surface area contributed by atoms with Crippen LogP contribution in [0.4, 0.5) is 0 Å². The summed E-state index contributed by atoms with van der Waals surface area (Å²) >= 11 is 1.34. The van der Waals surface area contributed by atoms with Gasteiger partial charge in [0.05, 0.1) is 11.5 Å². The van der Waals surface area contributed by atoms with Crippen LogP contribution in [0.5, 0.6) is 5.75 Å². The summed E-state index contributed by atoms with van der Waals surface area (Å²) in [6.07, 6.45) is 2.18. The van der Waals surface area contributed by atoms with Crippen molar-refractivity contribution < 1.29 is 17.4 Å². The summed E-state index contributed by atoms with van der Waals surface area (Å²) in [6.45, 7) is 3.81. The highest BCUT2D eigenvalue weighted by Crippen LogP contribution is 2.22. The molecule has 7 nitrogen and oxygen atoms in total. The number of rotatable bonds is 6. The first kappa shape index (κ1) is 20.1. The number of aryl methyl sites for hydroxylation is 1. The van der Waals surface area contributed by atoms with Gasteiger partial charge in [0.15, 0.2) is 5.17 Å². The average molecular weight is 418 g/mol. The van der Waals surface area contributed by atoms with Crippen LogP contribution in [0.3, 0.4) is 0 Å². The van der Waals surface area contributed by atoms with Crippen LogP contribution >= 0.6 is 11.8 Å². The lowest BCUT2D eigenvalue weighted by Crippen LogP contribution is -2.24. The first-order chi connectivity index (χ1) is 13.4. The lowest BCUT2D eigenvalue weighted by atomic mass is 10.2. The number of carbonyl (C=O) groups is 1. The maximum Gasteiger partial charge on any atom is 0.339 e. The van der Waals surface area contributed by atoms with E-state index in [2.05, 4.69) is 15.5 Å². The number of thioether (sulfide) groups is 1. The van der Waals surface area contributed by atoms with Gasteiger partial charge in [0.2, 0.25) is 5.91 Å². The van der Waals surface area contributed by atoms with Gasteiger partial charge in [0.1, 0.15) is 10.6 Å². The van der Waals surface area contributed by atoms with E-state index in [1.54, 1.807) is 36.4 Å². The molecule has 1 atom stereocenters. The number of amidine groups is 1. The molecule has 1 fully saturated rings. The van der Waals surface area contributed by atoms with Crippen molar-refractivity contribution in [2.24, 2.45) is 10.2 Å². The maximum absolute atomic E-state index is 12.4. The van der Waals surface area contributed by atoms with Crippen LogP contribution in [0.25, 0.3) is 0 Å². The van der Waals surface area contributed by atoms with Crippen molar-refractivity contribution in [1.29, 1.82) is 0 Å². The van der Waals surface area contributed by atoms with Gasteiger partial charge >= 0.3 is 10.1 Å². The van der Waals surface area contributed by atoms with Crippen molar-refractivity contribution in [3.05, 3.63) is 59.7 Å². The fraction of sp³-hybridized carbons (Fsp3) is 0.211. The first-order valence-corrected chi connectivity index (χ1v) is 10.9. The van der Waals surface area contributed by atoms with Crippen molar-refractivity contribution in [2.75, 3.05) is 0 Å². The molecular formula is C19H19N3O4S2. The van der Waals surface area contributed by atoms with Crippen LogP contribution in [0.1, 0.15) is 24.5 Å². The lowest BCUT2D eigenvalue weighted by molar-refractivity contribution is -0.118. The molecule has 0 spiro atoms. The highest BCUT2D eigenvalue weighted by Gasteiger charge is 2.28. The molecule has 146 valence electrons. The Morgan fingerprint density at radius 2 is 1.96 bits per heavy atom. The van der Waals surface area contributed by atoms with Crippen LogP contribution in [0.2, 0.25) is 0 Å². The summed E-state index contributed by atoms with van der Waals surface area (Å²) in [4.78, 5) is 11.7. The predicted octanol–water partition coefficient (Wildman–Crippen LogP) is 3.09. The highest BCUT2D eigenvalue weighted by atomic mass is 32.2.